The number of carbonyl (C=O) groups is 2. The Morgan fingerprint density at radius 1 is 0.466 bits per heavy atom. The van der Waals surface area contributed by atoms with E-state index < -0.39 is 12.1 Å². The minimum Gasteiger partial charge on any atom is -0.466 e. The summed E-state index contributed by atoms with van der Waals surface area (Å²) in [6.07, 6.45) is 56.0. The number of rotatable bonds is 47. The van der Waals surface area contributed by atoms with E-state index >= 15 is 0 Å². The average molecular weight is 818 g/mol. The van der Waals surface area contributed by atoms with Gasteiger partial charge >= 0.3 is 5.97 Å². The minimum atomic E-state index is -0.849. The summed E-state index contributed by atoms with van der Waals surface area (Å²) in [5.74, 6) is -0.0873. The van der Waals surface area contributed by atoms with Crippen LogP contribution in [0.1, 0.15) is 271 Å². The van der Waals surface area contributed by atoms with Gasteiger partial charge in [0.1, 0.15) is 0 Å². The van der Waals surface area contributed by atoms with Crippen molar-refractivity contribution in [3.8, 4) is 0 Å². The summed E-state index contributed by atoms with van der Waals surface area (Å²) in [6.45, 7) is 4.86. The number of amides is 1. The van der Waals surface area contributed by atoms with E-state index in [2.05, 4.69) is 31.3 Å². The highest BCUT2D eigenvalue weighted by molar-refractivity contribution is 5.76. The summed E-state index contributed by atoms with van der Waals surface area (Å²) in [4.78, 5) is 24.4. The highest BCUT2D eigenvalue weighted by atomic mass is 16.5. The fourth-order valence-corrected chi connectivity index (χ4v) is 7.74. The van der Waals surface area contributed by atoms with Gasteiger partial charge in [0.2, 0.25) is 5.91 Å². The molecule has 0 aromatic heterocycles. The lowest BCUT2D eigenvalue weighted by atomic mass is 10.0. The van der Waals surface area contributed by atoms with Gasteiger partial charge < -0.3 is 20.3 Å². The standard InChI is InChI=1S/C52H99NO5/c1-3-5-7-9-11-13-15-20-24-28-32-36-40-44-50(55)49(48-54)53-51(56)45-41-37-33-29-25-22-18-17-19-23-27-31-35-39-43-47-58-52(57)46-42-38-34-30-26-21-16-14-12-10-8-6-4-2/h14,16,40,44,49-50,54-55H,3-13,15,17-39,41-43,45-48H2,1-2H3,(H,53,56)/b16-14-,44-40+. The van der Waals surface area contributed by atoms with Crippen molar-refractivity contribution in [3.63, 3.8) is 0 Å². The van der Waals surface area contributed by atoms with Gasteiger partial charge in [-0.1, -0.05) is 224 Å². The summed E-state index contributed by atoms with van der Waals surface area (Å²) >= 11 is 0. The summed E-state index contributed by atoms with van der Waals surface area (Å²) in [5, 5.41) is 23.0. The Morgan fingerprint density at radius 3 is 1.24 bits per heavy atom. The molecule has 0 bridgehead atoms. The van der Waals surface area contributed by atoms with E-state index in [0.29, 0.717) is 19.4 Å². The Morgan fingerprint density at radius 2 is 0.810 bits per heavy atom. The second kappa shape index (κ2) is 48.0. The molecule has 0 radical (unpaired) electrons. The molecule has 58 heavy (non-hydrogen) atoms. The molecule has 0 saturated heterocycles. The predicted molar refractivity (Wildman–Crippen MR) is 250 cm³/mol. The molecule has 342 valence electrons. The third-order valence-corrected chi connectivity index (χ3v) is 11.7. The van der Waals surface area contributed by atoms with Crippen LogP contribution in [0.15, 0.2) is 24.3 Å². The van der Waals surface area contributed by atoms with Crippen molar-refractivity contribution in [2.45, 2.75) is 283 Å². The number of esters is 1. The van der Waals surface area contributed by atoms with Crippen LogP contribution in [-0.4, -0.2) is 47.4 Å². The average Bonchev–Trinajstić information content (AvgIpc) is 3.22. The van der Waals surface area contributed by atoms with E-state index in [1.54, 1.807) is 6.08 Å². The molecule has 0 spiro atoms. The van der Waals surface area contributed by atoms with Crippen LogP contribution >= 0.6 is 0 Å². The maximum absolute atomic E-state index is 12.4. The molecule has 0 saturated carbocycles. The molecule has 0 aliphatic heterocycles. The zero-order valence-corrected chi connectivity index (χ0v) is 38.8. The first-order valence-corrected chi connectivity index (χ1v) is 25.6. The molecule has 6 nitrogen and oxygen atoms in total. The van der Waals surface area contributed by atoms with Crippen molar-refractivity contribution in [1.82, 2.24) is 5.32 Å². The van der Waals surface area contributed by atoms with Crippen molar-refractivity contribution in [2.24, 2.45) is 0 Å². The monoisotopic (exact) mass is 818 g/mol. The second-order valence-electron chi connectivity index (χ2n) is 17.5. The molecule has 0 aliphatic rings. The number of hydrogen-bond acceptors (Lipinski definition) is 5. The quantitative estimate of drug-likeness (QED) is 0.0323. The molecule has 0 aromatic rings. The number of allylic oxidation sites excluding steroid dienone is 3. The molecule has 0 aliphatic carbocycles. The van der Waals surface area contributed by atoms with E-state index in [1.807, 2.05) is 6.08 Å². The second-order valence-corrected chi connectivity index (χ2v) is 17.5. The first kappa shape index (κ1) is 56.3. The van der Waals surface area contributed by atoms with E-state index in [-0.39, 0.29) is 18.5 Å². The van der Waals surface area contributed by atoms with Crippen LogP contribution in [0.5, 0.6) is 0 Å². The fraction of sp³-hybridized carbons (Fsp3) is 0.885. The lowest BCUT2D eigenvalue weighted by Crippen LogP contribution is -2.45. The van der Waals surface area contributed by atoms with Crippen LogP contribution in [-0.2, 0) is 14.3 Å². The fourth-order valence-electron chi connectivity index (χ4n) is 7.74. The Hall–Kier alpha value is -1.66. The zero-order valence-electron chi connectivity index (χ0n) is 38.8. The lowest BCUT2D eigenvalue weighted by molar-refractivity contribution is -0.143. The van der Waals surface area contributed by atoms with Gasteiger partial charge in [-0.25, -0.2) is 0 Å². The number of aliphatic hydroxyl groups is 2. The summed E-state index contributed by atoms with van der Waals surface area (Å²) in [5.41, 5.74) is 0. The maximum Gasteiger partial charge on any atom is 0.305 e. The number of carbonyl (C=O) groups excluding carboxylic acids is 2. The number of unbranched alkanes of at least 4 members (excludes halogenated alkanes) is 34. The van der Waals surface area contributed by atoms with E-state index in [4.69, 9.17) is 4.74 Å². The molecule has 0 aromatic carbocycles. The predicted octanol–water partition coefficient (Wildman–Crippen LogP) is 15.1. The molecule has 2 unspecified atom stereocenters. The van der Waals surface area contributed by atoms with E-state index in [1.165, 1.54) is 186 Å². The number of aliphatic hydroxyl groups excluding tert-OH is 2. The van der Waals surface area contributed by atoms with Gasteiger partial charge in [-0.3, -0.25) is 9.59 Å². The summed E-state index contributed by atoms with van der Waals surface area (Å²) in [7, 11) is 0. The van der Waals surface area contributed by atoms with Crippen molar-refractivity contribution < 1.29 is 24.5 Å². The van der Waals surface area contributed by atoms with Crippen molar-refractivity contribution in [3.05, 3.63) is 24.3 Å². The smallest absolute Gasteiger partial charge is 0.305 e. The van der Waals surface area contributed by atoms with Crippen LogP contribution in [0.4, 0.5) is 0 Å². The highest BCUT2D eigenvalue weighted by Crippen LogP contribution is 2.16. The van der Waals surface area contributed by atoms with Gasteiger partial charge in [0.05, 0.1) is 25.4 Å². The molecule has 6 heteroatoms. The van der Waals surface area contributed by atoms with Gasteiger partial charge in [0, 0.05) is 12.8 Å². The Bertz CT molecular complexity index is 904. The SMILES string of the molecule is CCCCCC/C=C\CCCCCCCC(=O)OCCCCCCCCCCCCCCCCCC(=O)NC(CO)C(O)/C=C/CCCCCCCCCCCCC. The molecule has 2 atom stereocenters. The van der Waals surface area contributed by atoms with E-state index in [9.17, 15) is 19.8 Å². The topological polar surface area (TPSA) is 95.9 Å². The lowest BCUT2D eigenvalue weighted by Gasteiger charge is -2.20. The largest absolute Gasteiger partial charge is 0.466 e. The van der Waals surface area contributed by atoms with Crippen LogP contribution in [0, 0.1) is 0 Å². The molecule has 0 heterocycles. The van der Waals surface area contributed by atoms with Gasteiger partial charge in [0.25, 0.3) is 0 Å². The molecule has 0 fully saturated rings. The van der Waals surface area contributed by atoms with Crippen molar-refractivity contribution >= 4 is 11.9 Å². The molecule has 3 N–H and O–H groups in total. The third-order valence-electron chi connectivity index (χ3n) is 11.7. The molecule has 0 rings (SSSR count). The van der Waals surface area contributed by atoms with Crippen LogP contribution in [0.3, 0.4) is 0 Å². The first-order valence-electron chi connectivity index (χ1n) is 25.6. The van der Waals surface area contributed by atoms with Crippen LogP contribution < -0.4 is 5.32 Å². The van der Waals surface area contributed by atoms with Gasteiger partial charge in [-0.15, -0.1) is 0 Å². The van der Waals surface area contributed by atoms with Crippen LogP contribution in [0.25, 0.3) is 0 Å². The molecular weight excluding hydrogens is 719 g/mol. The van der Waals surface area contributed by atoms with Gasteiger partial charge in [-0.2, -0.15) is 0 Å². The zero-order chi connectivity index (χ0) is 42.3. The van der Waals surface area contributed by atoms with Crippen LogP contribution in [0.2, 0.25) is 0 Å². The van der Waals surface area contributed by atoms with Crippen molar-refractivity contribution in [1.29, 1.82) is 0 Å². The minimum absolute atomic E-state index is 0.0101. The highest BCUT2D eigenvalue weighted by Gasteiger charge is 2.18. The maximum atomic E-state index is 12.4. The van der Waals surface area contributed by atoms with Crippen molar-refractivity contribution in [2.75, 3.05) is 13.2 Å². The third kappa shape index (κ3) is 43.9. The summed E-state index contributed by atoms with van der Waals surface area (Å²) in [6, 6.07) is -0.633. The Kier molecular flexibility index (Phi) is 46.6. The normalized spacial score (nSPS) is 12.8. The van der Waals surface area contributed by atoms with Gasteiger partial charge in [0.15, 0.2) is 0 Å². The summed E-state index contributed by atoms with van der Waals surface area (Å²) < 4.78 is 5.45. The first-order chi connectivity index (χ1) is 28.5. The Balaban J connectivity index is 3.47. The van der Waals surface area contributed by atoms with Gasteiger partial charge in [-0.05, 0) is 57.8 Å². The van der Waals surface area contributed by atoms with E-state index in [0.717, 1.165) is 57.8 Å². The molecular formula is C52H99NO5. The Labute approximate surface area is 361 Å². The number of ether oxygens (including phenoxy) is 1. The number of nitrogens with one attached hydrogen (secondary N) is 1. The number of hydrogen-bond donors (Lipinski definition) is 3. The molecule has 1 amide bonds.